The maximum Gasteiger partial charge on any atom is 0.260 e. The highest BCUT2D eigenvalue weighted by Gasteiger charge is 2.20. The summed E-state index contributed by atoms with van der Waals surface area (Å²) < 4.78 is 5.84. The second kappa shape index (κ2) is 10.9. The van der Waals surface area contributed by atoms with Gasteiger partial charge in [0.15, 0.2) is 5.11 Å². The molecule has 6 nitrogen and oxygen atoms in total. The van der Waals surface area contributed by atoms with Crippen LogP contribution in [0.15, 0.2) is 77.3 Å². The van der Waals surface area contributed by atoms with Crippen molar-refractivity contribution in [2.45, 2.75) is 6.92 Å². The van der Waals surface area contributed by atoms with E-state index in [1.165, 1.54) is 0 Å². The number of thiocarbonyl (C=S) groups is 1. The van der Waals surface area contributed by atoms with E-state index < -0.39 is 0 Å². The summed E-state index contributed by atoms with van der Waals surface area (Å²) in [6, 6.07) is 21.5. The minimum atomic E-state index is -0.380. The van der Waals surface area contributed by atoms with Crippen LogP contribution in [0.3, 0.4) is 0 Å². The standard InChI is InChI=1S/C24H22BrN3O3S/c1-3-28(17-9-5-4-6-10-17)23(30)18-11-7-8-12-20(18)26-24(32)27-22(29)16-13-14-21(31-2)19(25)15-16/h4-15H,3H2,1-2H3,(H2,26,27,29,32). The Morgan fingerprint density at radius 3 is 2.38 bits per heavy atom. The van der Waals surface area contributed by atoms with Gasteiger partial charge in [-0.15, -0.1) is 0 Å². The molecule has 0 aromatic heterocycles. The summed E-state index contributed by atoms with van der Waals surface area (Å²) in [5, 5.41) is 5.71. The molecule has 32 heavy (non-hydrogen) atoms. The lowest BCUT2D eigenvalue weighted by atomic mass is 10.1. The van der Waals surface area contributed by atoms with Crippen LogP contribution in [0.4, 0.5) is 11.4 Å². The SMILES string of the molecule is CCN(C(=O)c1ccccc1NC(=S)NC(=O)c1ccc(OC)c(Br)c1)c1ccccc1. The average molecular weight is 512 g/mol. The lowest BCUT2D eigenvalue weighted by molar-refractivity contribution is 0.0974. The molecule has 0 aliphatic heterocycles. The quantitative estimate of drug-likeness (QED) is 0.442. The highest BCUT2D eigenvalue weighted by atomic mass is 79.9. The molecular weight excluding hydrogens is 490 g/mol. The molecule has 3 rings (SSSR count). The molecule has 0 fully saturated rings. The minimum Gasteiger partial charge on any atom is -0.496 e. The molecule has 8 heteroatoms. The van der Waals surface area contributed by atoms with Crippen LogP contribution in [0.2, 0.25) is 0 Å². The number of rotatable bonds is 6. The van der Waals surface area contributed by atoms with E-state index in [0.29, 0.717) is 33.6 Å². The van der Waals surface area contributed by atoms with Crippen molar-refractivity contribution < 1.29 is 14.3 Å². The third-order valence-corrected chi connectivity index (χ3v) is 5.50. The van der Waals surface area contributed by atoms with Crippen molar-refractivity contribution in [1.29, 1.82) is 0 Å². The van der Waals surface area contributed by atoms with Crippen molar-refractivity contribution >= 4 is 56.4 Å². The second-order valence-electron chi connectivity index (χ2n) is 6.69. The largest absolute Gasteiger partial charge is 0.496 e. The fraction of sp³-hybridized carbons (Fsp3) is 0.125. The number of ether oxygens (including phenoxy) is 1. The van der Waals surface area contributed by atoms with Gasteiger partial charge in [0.1, 0.15) is 5.75 Å². The third kappa shape index (κ3) is 5.52. The van der Waals surface area contributed by atoms with Gasteiger partial charge in [-0.05, 0) is 77.5 Å². The van der Waals surface area contributed by atoms with Crippen LogP contribution in [-0.4, -0.2) is 30.6 Å². The van der Waals surface area contributed by atoms with Crippen molar-refractivity contribution in [2.75, 3.05) is 23.9 Å². The van der Waals surface area contributed by atoms with Crippen molar-refractivity contribution in [3.05, 3.63) is 88.4 Å². The smallest absolute Gasteiger partial charge is 0.260 e. The Hall–Kier alpha value is -3.23. The minimum absolute atomic E-state index is 0.0879. The molecule has 0 saturated carbocycles. The van der Waals surface area contributed by atoms with Crippen LogP contribution in [0, 0.1) is 0 Å². The Morgan fingerprint density at radius 1 is 1.03 bits per heavy atom. The van der Waals surface area contributed by atoms with Gasteiger partial charge in [-0.2, -0.15) is 0 Å². The van der Waals surface area contributed by atoms with Crippen molar-refractivity contribution in [2.24, 2.45) is 0 Å². The van der Waals surface area contributed by atoms with E-state index in [2.05, 4.69) is 26.6 Å². The Morgan fingerprint density at radius 2 is 1.72 bits per heavy atom. The summed E-state index contributed by atoms with van der Waals surface area (Å²) in [7, 11) is 1.55. The first-order chi connectivity index (χ1) is 15.4. The molecule has 0 saturated heterocycles. The molecule has 0 unspecified atom stereocenters. The summed E-state index contributed by atoms with van der Waals surface area (Å²) in [5.74, 6) is 0.0673. The van der Waals surface area contributed by atoms with E-state index in [-0.39, 0.29) is 16.9 Å². The number of halogens is 1. The number of para-hydroxylation sites is 2. The van der Waals surface area contributed by atoms with Gasteiger partial charge in [0.05, 0.1) is 22.8 Å². The van der Waals surface area contributed by atoms with Gasteiger partial charge in [-0.25, -0.2) is 0 Å². The first-order valence-corrected chi connectivity index (χ1v) is 11.1. The van der Waals surface area contributed by atoms with E-state index in [9.17, 15) is 9.59 Å². The van der Waals surface area contributed by atoms with Crippen molar-refractivity contribution in [3.8, 4) is 5.75 Å². The first-order valence-electron chi connectivity index (χ1n) is 9.86. The number of hydrogen-bond acceptors (Lipinski definition) is 4. The average Bonchev–Trinajstić information content (AvgIpc) is 2.80. The van der Waals surface area contributed by atoms with Crippen LogP contribution in [-0.2, 0) is 0 Å². The molecular formula is C24H22BrN3O3S. The molecule has 3 aromatic rings. The topological polar surface area (TPSA) is 70.7 Å². The summed E-state index contributed by atoms with van der Waals surface area (Å²) in [6.45, 7) is 2.42. The highest BCUT2D eigenvalue weighted by Crippen LogP contribution is 2.25. The molecule has 0 aliphatic rings. The zero-order valence-corrected chi connectivity index (χ0v) is 20.0. The Labute approximate surface area is 200 Å². The van der Waals surface area contributed by atoms with Gasteiger partial charge >= 0.3 is 0 Å². The molecule has 0 aliphatic carbocycles. The van der Waals surface area contributed by atoms with Gasteiger partial charge in [-0.3, -0.25) is 14.9 Å². The summed E-state index contributed by atoms with van der Waals surface area (Å²) in [6.07, 6.45) is 0. The molecule has 2 amide bonds. The van der Waals surface area contributed by atoms with Crippen LogP contribution >= 0.6 is 28.1 Å². The number of carbonyl (C=O) groups excluding carboxylic acids is 2. The fourth-order valence-electron chi connectivity index (χ4n) is 3.11. The van der Waals surface area contributed by atoms with Gasteiger partial charge in [-0.1, -0.05) is 30.3 Å². The lowest BCUT2D eigenvalue weighted by Gasteiger charge is -2.23. The Balaban J connectivity index is 1.75. The molecule has 2 N–H and O–H groups in total. The third-order valence-electron chi connectivity index (χ3n) is 4.68. The molecule has 3 aromatic carbocycles. The number of amides is 2. The number of nitrogens with zero attached hydrogens (tertiary/aromatic N) is 1. The zero-order chi connectivity index (χ0) is 23.1. The predicted molar refractivity (Wildman–Crippen MR) is 135 cm³/mol. The number of carbonyl (C=O) groups is 2. The Kier molecular flexibility index (Phi) is 7.97. The second-order valence-corrected chi connectivity index (χ2v) is 7.95. The summed E-state index contributed by atoms with van der Waals surface area (Å²) in [5.41, 5.74) is 2.17. The Bertz CT molecular complexity index is 1140. The van der Waals surface area contributed by atoms with Gasteiger partial charge in [0, 0.05) is 17.8 Å². The van der Waals surface area contributed by atoms with E-state index in [1.807, 2.05) is 37.3 Å². The lowest BCUT2D eigenvalue weighted by Crippen LogP contribution is -2.35. The zero-order valence-electron chi connectivity index (χ0n) is 17.6. The van der Waals surface area contributed by atoms with E-state index in [0.717, 1.165) is 5.69 Å². The van der Waals surface area contributed by atoms with E-state index in [4.69, 9.17) is 17.0 Å². The van der Waals surface area contributed by atoms with Crippen LogP contribution in [0.1, 0.15) is 27.6 Å². The fourth-order valence-corrected chi connectivity index (χ4v) is 3.86. The van der Waals surface area contributed by atoms with Gasteiger partial charge in [0.25, 0.3) is 11.8 Å². The summed E-state index contributed by atoms with van der Waals surface area (Å²) in [4.78, 5) is 27.5. The number of benzene rings is 3. The highest BCUT2D eigenvalue weighted by molar-refractivity contribution is 9.10. The van der Waals surface area contributed by atoms with Crippen molar-refractivity contribution in [3.63, 3.8) is 0 Å². The number of nitrogens with one attached hydrogen (secondary N) is 2. The van der Waals surface area contributed by atoms with Crippen LogP contribution < -0.4 is 20.3 Å². The molecule has 0 spiro atoms. The number of anilines is 2. The summed E-state index contributed by atoms with van der Waals surface area (Å²) >= 11 is 8.69. The van der Waals surface area contributed by atoms with Crippen molar-refractivity contribution in [1.82, 2.24) is 5.32 Å². The molecule has 0 atom stereocenters. The number of hydrogen-bond donors (Lipinski definition) is 2. The maximum absolute atomic E-state index is 13.3. The molecule has 0 radical (unpaired) electrons. The van der Waals surface area contributed by atoms with Gasteiger partial charge < -0.3 is 15.0 Å². The van der Waals surface area contributed by atoms with E-state index in [1.54, 1.807) is 54.5 Å². The van der Waals surface area contributed by atoms with Crippen LogP contribution in [0.25, 0.3) is 0 Å². The molecule has 164 valence electrons. The monoisotopic (exact) mass is 511 g/mol. The van der Waals surface area contributed by atoms with E-state index >= 15 is 0 Å². The maximum atomic E-state index is 13.3. The van der Waals surface area contributed by atoms with Crippen LogP contribution in [0.5, 0.6) is 5.75 Å². The first kappa shape index (κ1) is 23.4. The number of methoxy groups -OCH3 is 1. The normalized spacial score (nSPS) is 10.2. The van der Waals surface area contributed by atoms with Gasteiger partial charge in [0.2, 0.25) is 0 Å². The molecule has 0 heterocycles. The predicted octanol–water partition coefficient (Wildman–Crippen LogP) is 5.25. The molecule has 0 bridgehead atoms.